The second kappa shape index (κ2) is 9.31. The van der Waals surface area contributed by atoms with Crippen molar-refractivity contribution in [3.8, 4) is 0 Å². The third kappa shape index (κ3) is 6.09. The topological polar surface area (TPSA) is 70.7 Å². The number of nitrogens with one attached hydrogen (secondary N) is 2. The van der Waals surface area contributed by atoms with Crippen molar-refractivity contribution >= 4 is 23.3 Å². The van der Waals surface area contributed by atoms with Gasteiger partial charge in [0.25, 0.3) is 0 Å². The Kier molecular flexibility index (Phi) is 6.84. The maximum Gasteiger partial charge on any atom is 0.321 e. The number of nitrogens with zero attached hydrogens (tertiary/aromatic N) is 1. The summed E-state index contributed by atoms with van der Waals surface area (Å²) in [4.78, 5) is 27.5. The Labute approximate surface area is 152 Å². The van der Waals surface area contributed by atoms with E-state index in [9.17, 15) is 9.59 Å². The zero-order valence-corrected chi connectivity index (χ0v) is 15.4. The first-order valence-corrected chi connectivity index (χ1v) is 10.0. The molecule has 25 heavy (non-hydrogen) atoms. The number of hydrogen-bond donors (Lipinski definition) is 2. The van der Waals surface area contributed by atoms with Crippen LogP contribution in [0.3, 0.4) is 0 Å². The molecule has 1 saturated carbocycles. The van der Waals surface area contributed by atoms with Crippen LogP contribution < -0.4 is 10.6 Å². The average molecular weight is 365 g/mol. The fourth-order valence-electron chi connectivity index (χ4n) is 3.55. The molecule has 2 N–H and O–H groups in total. The Morgan fingerprint density at radius 1 is 1.24 bits per heavy atom. The normalized spacial score (nSPS) is 20.9. The maximum absolute atomic E-state index is 12.3. The van der Waals surface area contributed by atoms with Crippen molar-refractivity contribution in [2.45, 2.75) is 57.2 Å². The summed E-state index contributed by atoms with van der Waals surface area (Å²) in [7, 11) is 0. The van der Waals surface area contributed by atoms with E-state index in [0.29, 0.717) is 6.54 Å². The molecule has 2 aliphatic rings. The van der Waals surface area contributed by atoms with Gasteiger partial charge < -0.3 is 10.1 Å². The van der Waals surface area contributed by atoms with Gasteiger partial charge in [-0.25, -0.2) is 4.79 Å². The summed E-state index contributed by atoms with van der Waals surface area (Å²) in [5, 5.41) is 7.40. The van der Waals surface area contributed by atoms with E-state index >= 15 is 0 Å². The van der Waals surface area contributed by atoms with Gasteiger partial charge in [-0.15, -0.1) is 11.3 Å². The zero-order chi connectivity index (χ0) is 17.5. The lowest BCUT2D eigenvalue weighted by atomic mass is 10.2. The smallest absolute Gasteiger partial charge is 0.321 e. The average Bonchev–Trinajstić information content (AvgIpc) is 3.29. The molecule has 3 amide bonds. The molecule has 0 aromatic carbocycles. The number of carbonyl (C=O) groups excluding carboxylic acids is 2. The number of carbonyl (C=O) groups is 2. The van der Waals surface area contributed by atoms with Crippen LogP contribution in [-0.4, -0.2) is 48.7 Å². The summed E-state index contributed by atoms with van der Waals surface area (Å²) in [6.07, 6.45) is 6.60. The van der Waals surface area contributed by atoms with E-state index in [-0.39, 0.29) is 30.6 Å². The first-order valence-electron chi connectivity index (χ1n) is 9.16. The fraction of sp³-hybridized carbons (Fsp3) is 0.667. The lowest BCUT2D eigenvalue weighted by Crippen LogP contribution is -2.47. The van der Waals surface area contributed by atoms with E-state index in [0.717, 1.165) is 51.7 Å². The molecule has 2 heterocycles. The van der Waals surface area contributed by atoms with Crippen LogP contribution in [0.15, 0.2) is 17.5 Å². The van der Waals surface area contributed by atoms with Crippen LogP contribution in [0.1, 0.15) is 43.4 Å². The van der Waals surface area contributed by atoms with Gasteiger partial charge in [0, 0.05) is 30.6 Å². The number of imide groups is 1. The molecule has 0 radical (unpaired) electrons. The number of hydrogen-bond acceptors (Lipinski definition) is 5. The minimum Gasteiger partial charge on any atom is -0.377 e. The van der Waals surface area contributed by atoms with E-state index < -0.39 is 0 Å². The highest BCUT2D eigenvalue weighted by Crippen LogP contribution is 2.18. The number of urea groups is 1. The Morgan fingerprint density at radius 2 is 2.08 bits per heavy atom. The van der Waals surface area contributed by atoms with Gasteiger partial charge in [0.2, 0.25) is 5.91 Å². The van der Waals surface area contributed by atoms with Gasteiger partial charge in [-0.3, -0.25) is 15.0 Å². The summed E-state index contributed by atoms with van der Waals surface area (Å²) in [5.74, 6) is -0.259. The molecule has 1 aromatic rings. The van der Waals surface area contributed by atoms with Crippen molar-refractivity contribution in [2.75, 3.05) is 19.7 Å². The van der Waals surface area contributed by atoms with E-state index in [2.05, 4.69) is 21.6 Å². The van der Waals surface area contributed by atoms with Crippen molar-refractivity contribution in [1.82, 2.24) is 15.5 Å². The molecule has 1 saturated heterocycles. The number of amides is 3. The van der Waals surface area contributed by atoms with Crippen molar-refractivity contribution in [1.29, 1.82) is 0 Å². The summed E-state index contributed by atoms with van der Waals surface area (Å²) in [6.45, 7) is 2.42. The second-order valence-corrected chi connectivity index (χ2v) is 7.92. The fourth-order valence-corrected chi connectivity index (χ4v) is 4.29. The molecular weight excluding hydrogens is 338 g/mol. The highest BCUT2D eigenvalue weighted by molar-refractivity contribution is 7.09. The van der Waals surface area contributed by atoms with Crippen LogP contribution >= 0.6 is 11.3 Å². The Bertz CT molecular complexity index is 552. The molecule has 2 fully saturated rings. The van der Waals surface area contributed by atoms with Gasteiger partial charge in [-0.05, 0) is 37.1 Å². The molecule has 138 valence electrons. The predicted octanol–water partition coefficient (Wildman–Crippen LogP) is 2.50. The van der Waals surface area contributed by atoms with Gasteiger partial charge >= 0.3 is 6.03 Å². The highest BCUT2D eigenvalue weighted by atomic mass is 32.1. The summed E-state index contributed by atoms with van der Waals surface area (Å²) in [5.41, 5.74) is 0. The molecule has 1 aliphatic heterocycles. The summed E-state index contributed by atoms with van der Waals surface area (Å²) < 4.78 is 5.70. The van der Waals surface area contributed by atoms with Crippen LogP contribution in [0.4, 0.5) is 4.79 Å². The minimum absolute atomic E-state index is 0.181. The van der Waals surface area contributed by atoms with Gasteiger partial charge in [-0.1, -0.05) is 18.9 Å². The largest absolute Gasteiger partial charge is 0.377 e. The summed E-state index contributed by atoms with van der Waals surface area (Å²) >= 11 is 1.68. The van der Waals surface area contributed by atoms with Crippen LogP contribution in [-0.2, 0) is 16.1 Å². The molecule has 1 aliphatic carbocycles. The highest BCUT2D eigenvalue weighted by Gasteiger charge is 2.23. The van der Waals surface area contributed by atoms with Crippen LogP contribution in [0.5, 0.6) is 0 Å². The number of rotatable bonds is 7. The number of thiophene rings is 1. The van der Waals surface area contributed by atoms with Crippen LogP contribution in [0.2, 0.25) is 0 Å². The standard InChI is InChI=1S/C18H27N3O3S/c22-17(20-18(23)19-14-5-1-2-6-14)13-21(11-15-7-3-9-24-15)12-16-8-4-10-25-16/h4,8,10,14-15H,1-3,5-7,9,11-13H2,(H2,19,20,22,23)/t15-/m0/s1. The van der Waals surface area contributed by atoms with Gasteiger partial charge in [0.1, 0.15) is 0 Å². The minimum atomic E-state index is -0.370. The molecule has 1 atom stereocenters. The third-order valence-corrected chi connectivity index (χ3v) is 5.62. The SMILES string of the molecule is O=C(CN(Cc1cccs1)C[C@@H]1CCCO1)NC(=O)NC1CCCC1. The van der Waals surface area contributed by atoms with Crippen LogP contribution in [0.25, 0.3) is 0 Å². The molecule has 0 spiro atoms. The lowest BCUT2D eigenvalue weighted by Gasteiger charge is -2.24. The van der Waals surface area contributed by atoms with Crippen molar-refractivity contribution in [3.63, 3.8) is 0 Å². The van der Waals surface area contributed by atoms with Crippen molar-refractivity contribution < 1.29 is 14.3 Å². The molecular formula is C18H27N3O3S. The van der Waals surface area contributed by atoms with Gasteiger partial charge in [0.15, 0.2) is 0 Å². The molecule has 6 nitrogen and oxygen atoms in total. The van der Waals surface area contributed by atoms with E-state index in [1.165, 1.54) is 4.88 Å². The lowest BCUT2D eigenvalue weighted by molar-refractivity contribution is -0.121. The van der Waals surface area contributed by atoms with Crippen LogP contribution in [0, 0.1) is 0 Å². The first kappa shape index (κ1) is 18.4. The Hall–Kier alpha value is -1.44. The number of ether oxygens (including phenoxy) is 1. The molecule has 7 heteroatoms. The van der Waals surface area contributed by atoms with Gasteiger partial charge in [0.05, 0.1) is 12.6 Å². The molecule has 0 unspecified atom stereocenters. The molecule has 1 aromatic heterocycles. The first-order chi connectivity index (χ1) is 12.2. The second-order valence-electron chi connectivity index (χ2n) is 6.89. The van der Waals surface area contributed by atoms with Crippen molar-refractivity contribution in [3.05, 3.63) is 22.4 Å². The predicted molar refractivity (Wildman–Crippen MR) is 97.5 cm³/mol. The monoisotopic (exact) mass is 365 g/mol. The van der Waals surface area contributed by atoms with Gasteiger partial charge in [-0.2, -0.15) is 0 Å². The molecule has 3 rings (SSSR count). The third-order valence-electron chi connectivity index (χ3n) is 4.76. The quantitative estimate of drug-likeness (QED) is 0.779. The molecule has 0 bridgehead atoms. The van der Waals surface area contributed by atoms with E-state index in [1.54, 1.807) is 11.3 Å². The van der Waals surface area contributed by atoms with Crippen molar-refractivity contribution in [2.24, 2.45) is 0 Å². The van der Waals surface area contributed by atoms with E-state index in [4.69, 9.17) is 4.74 Å². The Balaban J connectivity index is 1.48. The Morgan fingerprint density at radius 3 is 2.76 bits per heavy atom. The maximum atomic E-state index is 12.3. The van der Waals surface area contributed by atoms with E-state index in [1.807, 2.05) is 11.4 Å². The zero-order valence-electron chi connectivity index (χ0n) is 14.5. The summed E-state index contributed by atoms with van der Waals surface area (Å²) in [6, 6.07) is 3.92.